The Bertz CT molecular complexity index is 663. The van der Waals surface area contributed by atoms with Crippen molar-refractivity contribution in [1.82, 2.24) is 0 Å². The van der Waals surface area contributed by atoms with Gasteiger partial charge in [-0.1, -0.05) is 6.07 Å². The van der Waals surface area contributed by atoms with Gasteiger partial charge in [-0.15, -0.1) is 0 Å². The van der Waals surface area contributed by atoms with Gasteiger partial charge in [0.15, 0.2) is 11.6 Å². The summed E-state index contributed by atoms with van der Waals surface area (Å²) in [5, 5.41) is 2.08. The third-order valence-corrected chi connectivity index (χ3v) is 2.87. The minimum Gasteiger partial charge on any atom is -0.398 e. The zero-order valence-corrected chi connectivity index (χ0v) is 10.5. The van der Waals surface area contributed by atoms with Crippen LogP contribution in [0, 0.1) is 24.4 Å². The van der Waals surface area contributed by atoms with Crippen molar-refractivity contribution in [1.29, 1.82) is 0 Å². The number of nitrogens with two attached hydrogens (primary N) is 1. The van der Waals surface area contributed by atoms with E-state index in [1.165, 1.54) is 6.07 Å². The van der Waals surface area contributed by atoms with E-state index < -0.39 is 29.0 Å². The first-order chi connectivity index (χ1) is 9.40. The van der Waals surface area contributed by atoms with Crippen molar-refractivity contribution < 1.29 is 18.0 Å². The van der Waals surface area contributed by atoms with E-state index >= 15 is 0 Å². The molecule has 3 N–H and O–H groups in total. The Balaban J connectivity index is 2.36. The van der Waals surface area contributed by atoms with Crippen LogP contribution < -0.4 is 11.1 Å². The number of rotatable bonds is 2. The summed E-state index contributed by atoms with van der Waals surface area (Å²) < 4.78 is 39.7. The Morgan fingerprint density at radius 1 is 1.15 bits per heavy atom. The molecule has 2 aromatic carbocycles. The Hall–Kier alpha value is -2.50. The SMILES string of the molecule is Cc1c(N)cccc1C(=O)Nc1c(F)cc(F)cc1F. The van der Waals surface area contributed by atoms with Crippen molar-refractivity contribution >= 4 is 17.3 Å². The molecule has 0 saturated heterocycles. The normalized spacial score (nSPS) is 10.4. The summed E-state index contributed by atoms with van der Waals surface area (Å²) in [5.74, 6) is -4.15. The molecule has 0 spiro atoms. The van der Waals surface area contributed by atoms with Crippen LogP contribution in [0.2, 0.25) is 0 Å². The summed E-state index contributed by atoms with van der Waals surface area (Å²) in [6, 6.07) is 5.61. The van der Waals surface area contributed by atoms with Gasteiger partial charge in [0, 0.05) is 23.4 Å². The molecular weight excluding hydrogens is 269 g/mol. The Morgan fingerprint density at radius 3 is 2.35 bits per heavy atom. The lowest BCUT2D eigenvalue weighted by molar-refractivity contribution is 0.102. The van der Waals surface area contributed by atoms with Gasteiger partial charge in [-0.3, -0.25) is 4.79 Å². The predicted octanol–water partition coefficient (Wildman–Crippen LogP) is 3.25. The van der Waals surface area contributed by atoms with Crippen LogP contribution >= 0.6 is 0 Å². The largest absolute Gasteiger partial charge is 0.398 e. The topological polar surface area (TPSA) is 55.1 Å². The van der Waals surface area contributed by atoms with Crippen LogP contribution in [0.15, 0.2) is 30.3 Å². The van der Waals surface area contributed by atoms with Gasteiger partial charge in [-0.05, 0) is 24.6 Å². The van der Waals surface area contributed by atoms with Crippen LogP contribution in [0.25, 0.3) is 0 Å². The molecular formula is C14H11F3N2O. The van der Waals surface area contributed by atoms with Crippen LogP contribution in [0.1, 0.15) is 15.9 Å². The number of carbonyl (C=O) groups excluding carboxylic acids is 1. The maximum atomic E-state index is 13.4. The quantitative estimate of drug-likeness (QED) is 0.830. The predicted molar refractivity (Wildman–Crippen MR) is 69.9 cm³/mol. The number of hydrogen-bond acceptors (Lipinski definition) is 2. The molecule has 1 amide bonds. The van der Waals surface area contributed by atoms with E-state index in [2.05, 4.69) is 5.32 Å². The summed E-state index contributed by atoms with van der Waals surface area (Å²) >= 11 is 0. The minimum absolute atomic E-state index is 0.188. The number of nitrogen functional groups attached to an aromatic ring is 1. The number of carbonyl (C=O) groups is 1. The van der Waals surface area contributed by atoms with E-state index in [0.717, 1.165) is 0 Å². The maximum Gasteiger partial charge on any atom is 0.256 e. The third kappa shape index (κ3) is 2.59. The van der Waals surface area contributed by atoms with Gasteiger partial charge in [0.25, 0.3) is 5.91 Å². The molecule has 0 unspecified atom stereocenters. The molecule has 0 aliphatic carbocycles. The average Bonchev–Trinajstić information content (AvgIpc) is 2.36. The van der Waals surface area contributed by atoms with Crippen molar-refractivity contribution in [2.75, 3.05) is 11.1 Å². The molecule has 0 heterocycles. The molecule has 0 saturated carbocycles. The molecule has 2 rings (SSSR count). The molecule has 0 aliphatic heterocycles. The van der Waals surface area contributed by atoms with E-state index in [4.69, 9.17) is 5.73 Å². The first kappa shape index (κ1) is 13.9. The molecule has 0 aliphatic rings. The van der Waals surface area contributed by atoms with Gasteiger partial charge in [0.05, 0.1) is 0 Å². The van der Waals surface area contributed by atoms with Gasteiger partial charge in [-0.2, -0.15) is 0 Å². The molecule has 0 fully saturated rings. The van der Waals surface area contributed by atoms with Gasteiger partial charge in [0.1, 0.15) is 11.5 Å². The summed E-state index contributed by atoms with van der Waals surface area (Å²) in [5.41, 5.74) is 6.03. The van der Waals surface area contributed by atoms with Crippen molar-refractivity contribution in [2.24, 2.45) is 0 Å². The molecule has 3 nitrogen and oxygen atoms in total. The lowest BCUT2D eigenvalue weighted by Crippen LogP contribution is -2.16. The minimum atomic E-state index is -1.18. The second-order valence-electron chi connectivity index (χ2n) is 4.22. The summed E-state index contributed by atoms with van der Waals surface area (Å²) in [7, 11) is 0. The molecule has 2 aromatic rings. The van der Waals surface area contributed by atoms with E-state index in [9.17, 15) is 18.0 Å². The van der Waals surface area contributed by atoms with E-state index in [0.29, 0.717) is 23.4 Å². The van der Waals surface area contributed by atoms with Gasteiger partial charge in [-0.25, -0.2) is 13.2 Å². The first-order valence-corrected chi connectivity index (χ1v) is 5.71. The second kappa shape index (κ2) is 5.24. The van der Waals surface area contributed by atoms with Crippen LogP contribution in [0.4, 0.5) is 24.5 Å². The second-order valence-corrected chi connectivity index (χ2v) is 4.22. The zero-order valence-electron chi connectivity index (χ0n) is 10.5. The van der Waals surface area contributed by atoms with E-state index in [-0.39, 0.29) is 5.56 Å². The van der Waals surface area contributed by atoms with Crippen molar-refractivity contribution in [3.8, 4) is 0 Å². The Kier molecular flexibility index (Phi) is 3.65. The van der Waals surface area contributed by atoms with Gasteiger partial charge < -0.3 is 11.1 Å². The lowest BCUT2D eigenvalue weighted by atomic mass is 10.1. The van der Waals surface area contributed by atoms with Gasteiger partial charge in [0.2, 0.25) is 0 Å². The van der Waals surface area contributed by atoms with E-state index in [1.807, 2.05) is 0 Å². The summed E-state index contributed by atoms with van der Waals surface area (Å²) in [4.78, 5) is 12.0. The molecule has 6 heteroatoms. The van der Waals surface area contributed by atoms with Crippen LogP contribution in [0.3, 0.4) is 0 Å². The fourth-order valence-electron chi connectivity index (χ4n) is 1.74. The van der Waals surface area contributed by atoms with Crippen LogP contribution in [-0.4, -0.2) is 5.91 Å². The highest BCUT2D eigenvalue weighted by Crippen LogP contribution is 2.22. The standard InChI is InChI=1S/C14H11F3N2O/c1-7-9(3-2-4-12(7)18)14(20)19-13-10(16)5-8(15)6-11(13)17/h2-6H,18H2,1H3,(H,19,20). The van der Waals surface area contributed by atoms with E-state index in [1.54, 1.807) is 19.1 Å². The number of amides is 1. The summed E-state index contributed by atoms with van der Waals surface area (Å²) in [6.07, 6.45) is 0. The number of anilines is 2. The smallest absolute Gasteiger partial charge is 0.256 e. The van der Waals surface area contributed by atoms with Gasteiger partial charge >= 0.3 is 0 Å². The lowest BCUT2D eigenvalue weighted by Gasteiger charge is -2.10. The number of benzene rings is 2. The van der Waals surface area contributed by atoms with Crippen molar-refractivity contribution in [3.63, 3.8) is 0 Å². The molecule has 20 heavy (non-hydrogen) atoms. The molecule has 104 valence electrons. The number of nitrogens with one attached hydrogen (secondary N) is 1. The fraction of sp³-hybridized carbons (Fsp3) is 0.0714. The number of hydrogen-bond donors (Lipinski definition) is 2. The molecule has 0 aromatic heterocycles. The molecule has 0 radical (unpaired) electrons. The first-order valence-electron chi connectivity index (χ1n) is 5.71. The number of halogens is 3. The maximum absolute atomic E-state index is 13.4. The average molecular weight is 280 g/mol. The van der Waals surface area contributed by atoms with Crippen molar-refractivity contribution in [3.05, 3.63) is 58.9 Å². The van der Waals surface area contributed by atoms with Crippen LogP contribution in [-0.2, 0) is 0 Å². The Labute approximate surface area is 113 Å². The summed E-state index contributed by atoms with van der Waals surface area (Å²) in [6.45, 7) is 1.61. The monoisotopic (exact) mass is 280 g/mol. The van der Waals surface area contributed by atoms with Crippen LogP contribution in [0.5, 0.6) is 0 Å². The Morgan fingerprint density at radius 2 is 1.75 bits per heavy atom. The highest BCUT2D eigenvalue weighted by Gasteiger charge is 2.17. The molecule has 0 bridgehead atoms. The highest BCUT2D eigenvalue weighted by molar-refractivity contribution is 6.06. The third-order valence-electron chi connectivity index (χ3n) is 2.87. The highest BCUT2D eigenvalue weighted by atomic mass is 19.1. The zero-order chi connectivity index (χ0) is 14.9. The van der Waals surface area contributed by atoms with Crippen molar-refractivity contribution in [2.45, 2.75) is 6.92 Å². The fourth-order valence-corrected chi connectivity index (χ4v) is 1.74. The molecule has 0 atom stereocenters.